The maximum atomic E-state index is 11.8. The molecule has 0 spiro atoms. The minimum Gasteiger partial charge on any atom is -0.465 e. The number of nitrogens with two attached hydrogens (primary N) is 1. The first kappa shape index (κ1) is 15.5. The third-order valence-electron chi connectivity index (χ3n) is 3.05. The fourth-order valence-electron chi connectivity index (χ4n) is 1.97. The van der Waals surface area contributed by atoms with Gasteiger partial charge in [-0.2, -0.15) is 0 Å². The van der Waals surface area contributed by atoms with E-state index in [1.165, 1.54) is 0 Å². The van der Waals surface area contributed by atoms with E-state index < -0.39 is 0 Å². The Hall–Kier alpha value is -1.55. The molecule has 0 saturated heterocycles. The van der Waals surface area contributed by atoms with Crippen molar-refractivity contribution < 1.29 is 9.53 Å². The van der Waals surface area contributed by atoms with Crippen LogP contribution in [0.15, 0.2) is 24.3 Å². The summed E-state index contributed by atoms with van der Waals surface area (Å²) >= 11 is 0. The van der Waals surface area contributed by atoms with Gasteiger partial charge in [-0.3, -0.25) is 9.69 Å². The van der Waals surface area contributed by atoms with Crippen LogP contribution in [-0.2, 0) is 16.1 Å². The van der Waals surface area contributed by atoms with Gasteiger partial charge in [-0.15, -0.1) is 0 Å². The van der Waals surface area contributed by atoms with E-state index in [-0.39, 0.29) is 12.0 Å². The number of carbonyl (C=O) groups is 1. The van der Waals surface area contributed by atoms with Gasteiger partial charge in [0.1, 0.15) is 6.04 Å². The van der Waals surface area contributed by atoms with Gasteiger partial charge in [0.2, 0.25) is 0 Å². The third kappa shape index (κ3) is 4.91. The van der Waals surface area contributed by atoms with Crippen molar-refractivity contribution in [3.63, 3.8) is 0 Å². The van der Waals surface area contributed by atoms with Crippen molar-refractivity contribution in [2.24, 2.45) is 0 Å². The number of esters is 1. The molecule has 0 heterocycles. The second kappa shape index (κ2) is 7.79. The topological polar surface area (TPSA) is 55.6 Å². The van der Waals surface area contributed by atoms with Crippen molar-refractivity contribution in [3.8, 4) is 0 Å². The molecule has 1 aromatic rings. The molecule has 0 aliphatic carbocycles. The Bertz CT molecular complexity index is 390. The fraction of sp³-hybridized carbons (Fsp3) is 0.533. The summed E-state index contributed by atoms with van der Waals surface area (Å²) in [4.78, 5) is 13.9. The van der Waals surface area contributed by atoms with Crippen LogP contribution < -0.4 is 5.73 Å². The Balaban J connectivity index is 2.71. The molecular formula is C15H24N2O2. The van der Waals surface area contributed by atoms with E-state index in [1.807, 2.05) is 38.1 Å². The van der Waals surface area contributed by atoms with Crippen LogP contribution in [0.5, 0.6) is 0 Å². The largest absolute Gasteiger partial charge is 0.465 e. The van der Waals surface area contributed by atoms with E-state index in [4.69, 9.17) is 10.5 Å². The lowest BCUT2D eigenvalue weighted by molar-refractivity contribution is -0.149. The molecule has 19 heavy (non-hydrogen) atoms. The van der Waals surface area contributed by atoms with Gasteiger partial charge in [0.05, 0.1) is 6.61 Å². The third-order valence-corrected chi connectivity index (χ3v) is 3.05. The summed E-state index contributed by atoms with van der Waals surface area (Å²) < 4.78 is 5.09. The summed E-state index contributed by atoms with van der Waals surface area (Å²) in [6.45, 7) is 7.84. The maximum absolute atomic E-state index is 11.8. The Labute approximate surface area is 115 Å². The molecule has 1 unspecified atom stereocenters. The van der Waals surface area contributed by atoms with E-state index >= 15 is 0 Å². The molecule has 0 aliphatic heterocycles. The van der Waals surface area contributed by atoms with Gasteiger partial charge in [-0.1, -0.05) is 19.1 Å². The highest BCUT2D eigenvalue weighted by Gasteiger charge is 2.21. The number of rotatable bonds is 7. The van der Waals surface area contributed by atoms with Crippen LogP contribution in [0, 0.1) is 0 Å². The quantitative estimate of drug-likeness (QED) is 0.607. The summed E-state index contributed by atoms with van der Waals surface area (Å²) in [5, 5.41) is 0. The lowest BCUT2D eigenvalue weighted by Crippen LogP contribution is -2.40. The Morgan fingerprint density at radius 3 is 2.47 bits per heavy atom. The monoisotopic (exact) mass is 264 g/mol. The fourth-order valence-corrected chi connectivity index (χ4v) is 1.97. The van der Waals surface area contributed by atoms with Crippen LogP contribution in [0.4, 0.5) is 5.69 Å². The number of carbonyl (C=O) groups excluding carboxylic acids is 1. The van der Waals surface area contributed by atoms with Crippen molar-refractivity contribution in [3.05, 3.63) is 29.8 Å². The van der Waals surface area contributed by atoms with E-state index in [2.05, 4.69) is 11.8 Å². The first-order valence-electron chi connectivity index (χ1n) is 6.83. The van der Waals surface area contributed by atoms with Crippen LogP contribution in [0.1, 0.15) is 32.8 Å². The van der Waals surface area contributed by atoms with Gasteiger partial charge in [0, 0.05) is 12.2 Å². The van der Waals surface area contributed by atoms with Crippen LogP contribution in [0.2, 0.25) is 0 Å². The van der Waals surface area contributed by atoms with Crippen molar-refractivity contribution in [1.29, 1.82) is 0 Å². The Morgan fingerprint density at radius 1 is 1.32 bits per heavy atom. The molecule has 0 fully saturated rings. The number of benzene rings is 1. The lowest BCUT2D eigenvalue weighted by atomic mass is 10.1. The number of hydrogen-bond donors (Lipinski definition) is 1. The van der Waals surface area contributed by atoms with Crippen LogP contribution >= 0.6 is 0 Å². The maximum Gasteiger partial charge on any atom is 0.323 e. The predicted molar refractivity (Wildman–Crippen MR) is 77.7 cm³/mol. The van der Waals surface area contributed by atoms with Gasteiger partial charge >= 0.3 is 5.97 Å². The highest BCUT2D eigenvalue weighted by molar-refractivity contribution is 5.75. The standard InChI is InChI=1S/C15H24N2O2/c1-4-10-17(12(3)15(18)19-5-2)11-13-6-8-14(16)9-7-13/h6-9,12H,4-5,10-11,16H2,1-3H3. The molecular weight excluding hydrogens is 240 g/mol. The molecule has 1 aromatic carbocycles. The lowest BCUT2D eigenvalue weighted by Gasteiger charge is -2.27. The smallest absolute Gasteiger partial charge is 0.323 e. The summed E-state index contributed by atoms with van der Waals surface area (Å²) in [5.74, 6) is -0.161. The van der Waals surface area contributed by atoms with Gasteiger partial charge in [-0.25, -0.2) is 0 Å². The predicted octanol–water partition coefficient (Wildman–Crippen LogP) is 2.43. The molecule has 0 bridgehead atoms. The molecule has 4 heteroatoms. The molecule has 0 radical (unpaired) electrons. The SMILES string of the molecule is CCCN(Cc1ccc(N)cc1)C(C)C(=O)OCC. The normalized spacial score (nSPS) is 12.4. The zero-order valence-electron chi connectivity index (χ0n) is 12.1. The molecule has 4 nitrogen and oxygen atoms in total. The molecule has 0 aliphatic rings. The van der Waals surface area contributed by atoms with E-state index in [1.54, 1.807) is 0 Å². The van der Waals surface area contributed by atoms with Gasteiger partial charge in [-0.05, 0) is 44.5 Å². The summed E-state index contributed by atoms with van der Waals surface area (Å²) in [6, 6.07) is 7.53. The number of hydrogen-bond acceptors (Lipinski definition) is 4. The molecule has 0 amide bonds. The first-order valence-corrected chi connectivity index (χ1v) is 6.83. The minimum atomic E-state index is -0.225. The minimum absolute atomic E-state index is 0.161. The van der Waals surface area contributed by atoms with Crippen LogP contribution in [0.3, 0.4) is 0 Å². The zero-order chi connectivity index (χ0) is 14.3. The van der Waals surface area contributed by atoms with Crippen molar-refractivity contribution >= 4 is 11.7 Å². The van der Waals surface area contributed by atoms with Gasteiger partial charge in [0.25, 0.3) is 0 Å². The Kier molecular flexibility index (Phi) is 6.36. The average Bonchev–Trinajstić information content (AvgIpc) is 2.40. The van der Waals surface area contributed by atoms with Crippen molar-refractivity contribution in [1.82, 2.24) is 4.90 Å². The summed E-state index contributed by atoms with van der Waals surface area (Å²) in [7, 11) is 0. The Morgan fingerprint density at radius 2 is 1.95 bits per heavy atom. The van der Waals surface area contributed by atoms with Gasteiger partial charge in [0.15, 0.2) is 0 Å². The van der Waals surface area contributed by atoms with E-state index in [9.17, 15) is 4.79 Å². The highest BCUT2D eigenvalue weighted by Crippen LogP contribution is 2.12. The highest BCUT2D eigenvalue weighted by atomic mass is 16.5. The summed E-state index contributed by atoms with van der Waals surface area (Å²) in [5.41, 5.74) is 7.58. The number of nitrogen functional groups attached to an aromatic ring is 1. The molecule has 0 saturated carbocycles. The molecule has 2 N–H and O–H groups in total. The average molecular weight is 264 g/mol. The summed E-state index contributed by atoms with van der Waals surface area (Å²) in [6.07, 6.45) is 0.999. The molecule has 1 rings (SSSR count). The van der Waals surface area contributed by atoms with Crippen LogP contribution in [0.25, 0.3) is 0 Å². The van der Waals surface area contributed by atoms with Crippen LogP contribution in [-0.4, -0.2) is 30.1 Å². The number of anilines is 1. The van der Waals surface area contributed by atoms with Crippen molar-refractivity contribution in [2.75, 3.05) is 18.9 Å². The van der Waals surface area contributed by atoms with E-state index in [0.29, 0.717) is 6.61 Å². The zero-order valence-corrected chi connectivity index (χ0v) is 12.1. The van der Waals surface area contributed by atoms with Gasteiger partial charge < -0.3 is 10.5 Å². The second-order valence-electron chi connectivity index (χ2n) is 4.64. The molecule has 106 valence electrons. The number of nitrogens with zero attached hydrogens (tertiary/aromatic N) is 1. The molecule has 0 aromatic heterocycles. The molecule has 1 atom stereocenters. The van der Waals surface area contributed by atoms with Crippen molar-refractivity contribution in [2.45, 2.75) is 39.8 Å². The second-order valence-corrected chi connectivity index (χ2v) is 4.64. The first-order chi connectivity index (χ1) is 9.08. The van der Waals surface area contributed by atoms with E-state index in [0.717, 1.165) is 30.8 Å². The number of ether oxygens (including phenoxy) is 1.